The molecular weight excluding hydrogens is 301 g/mol. The zero-order chi connectivity index (χ0) is 14.5. The Labute approximate surface area is 126 Å². The van der Waals surface area contributed by atoms with Gasteiger partial charge in [-0.2, -0.15) is 0 Å². The van der Waals surface area contributed by atoms with E-state index in [4.69, 9.17) is 28.3 Å². The van der Waals surface area contributed by atoms with E-state index in [0.717, 1.165) is 16.9 Å². The third-order valence-corrected chi connectivity index (χ3v) is 3.19. The first-order chi connectivity index (χ1) is 9.60. The normalized spacial score (nSPS) is 10.8. The van der Waals surface area contributed by atoms with Gasteiger partial charge in [0.1, 0.15) is 10.8 Å². The molecule has 0 amide bonds. The average molecular weight is 316 g/mol. The van der Waals surface area contributed by atoms with Gasteiger partial charge in [-0.3, -0.25) is 4.68 Å². The van der Waals surface area contributed by atoms with E-state index < -0.39 is 0 Å². The lowest BCUT2D eigenvalue weighted by Gasteiger charge is -2.09. The minimum Gasteiger partial charge on any atom is -0.396 e. The molecule has 0 aliphatic heterocycles. The van der Waals surface area contributed by atoms with Crippen LogP contribution in [-0.2, 0) is 13.1 Å². The highest BCUT2D eigenvalue weighted by Crippen LogP contribution is 2.26. The van der Waals surface area contributed by atoms with Crippen molar-refractivity contribution in [2.45, 2.75) is 26.4 Å². The summed E-state index contributed by atoms with van der Waals surface area (Å²) in [6.45, 7) is 3.17. The van der Waals surface area contributed by atoms with E-state index in [1.54, 1.807) is 10.7 Å². The lowest BCUT2D eigenvalue weighted by molar-refractivity contribution is 0.276. The summed E-state index contributed by atoms with van der Waals surface area (Å²) in [6.07, 6.45) is 2.48. The fourth-order valence-electron chi connectivity index (χ4n) is 1.75. The lowest BCUT2D eigenvalue weighted by Crippen LogP contribution is -2.03. The van der Waals surface area contributed by atoms with Gasteiger partial charge in [-0.05, 0) is 25.0 Å². The Morgan fingerprint density at radius 1 is 1.40 bits per heavy atom. The number of aliphatic hydroxyl groups is 1. The first-order valence-corrected chi connectivity index (χ1v) is 6.92. The largest absolute Gasteiger partial charge is 0.396 e. The summed E-state index contributed by atoms with van der Waals surface area (Å²) in [5.41, 5.74) is 2.44. The van der Waals surface area contributed by atoms with Gasteiger partial charge < -0.3 is 10.4 Å². The maximum absolute atomic E-state index is 8.76. The minimum atomic E-state index is 0.138. The Morgan fingerprint density at radius 2 is 2.20 bits per heavy atom. The summed E-state index contributed by atoms with van der Waals surface area (Å²) in [5, 5.41) is 20.7. The van der Waals surface area contributed by atoms with Crippen molar-refractivity contribution in [1.29, 1.82) is 0 Å². The van der Waals surface area contributed by atoms with Crippen LogP contribution in [0, 0.1) is 6.92 Å². The number of hydrogen-bond acceptors (Lipinski definition) is 5. The van der Waals surface area contributed by atoms with E-state index in [0.29, 0.717) is 29.8 Å². The van der Waals surface area contributed by atoms with Gasteiger partial charge >= 0.3 is 0 Å². The predicted octanol–water partition coefficient (Wildman–Crippen LogP) is 2.28. The van der Waals surface area contributed by atoms with Crippen LogP contribution in [0.1, 0.15) is 17.7 Å². The molecule has 2 aromatic rings. The molecule has 2 N–H and O–H groups in total. The molecule has 108 valence electrons. The van der Waals surface area contributed by atoms with Gasteiger partial charge in [-0.25, -0.2) is 4.98 Å². The van der Waals surface area contributed by atoms with Gasteiger partial charge in [-0.1, -0.05) is 28.4 Å². The molecule has 2 aromatic heterocycles. The van der Waals surface area contributed by atoms with E-state index in [2.05, 4.69) is 20.6 Å². The van der Waals surface area contributed by atoms with Gasteiger partial charge in [0, 0.05) is 13.2 Å². The van der Waals surface area contributed by atoms with Crippen LogP contribution in [0.2, 0.25) is 10.3 Å². The van der Waals surface area contributed by atoms with Crippen LogP contribution in [0.15, 0.2) is 12.3 Å². The van der Waals surface area contributed by atoms with Crippen LogP contribution < -0.4 is 5.32 Å². The second kappa shape index (κ2) is 6.88. The number of aliphatic hydroxyl groups excluding tert-OH is 1. The molecule has 0 saturated heterocycles. The van der Waals surface area contributed by atoms with E-state index in [1.165, 1.54) is 0 Å². The van der Waals surface area contributed by atoms with Crippen molar-refractivity contribution in [2.24, 2.45) is 0 Å². The second-order valence-electron chi connectivity index (χ2n) is 4.33. The number of halogens is 2. The van der Waals surface area contributed by atoms with Crippen molar-refractivity contribution >= 4 is 28.9 Å². The highest BCUT2D eigenvalue weighted by Gasteiger charge is 2.08. The van der Waals surface area contributed by atoms with Crippen molar-refractivity contribution in [3.05, 3.63) is 33.8 Å². The van der Waals surface area contributed by atoms with Crippen LogP contribution in [0.5, 0.6) is 0 Å². The van der Waals surface area contributed by atoms with Crippen molar-refractivity contribution < 1.29 is 5.11 Å². The van der Waals surface area contributed by atoms with Crippen molar-refractivity contribution in [2.75, 3.05) is 11.9 Å². The number of nitrogens with zero attached hydrogens (tertiary/aromatic N) is 4. The van der Waals surface area contributed by atoms with Crippen molar-refractivity contribution in [1.82, 2.24) is 20.0 Å². The van der Waals surface area contributed by atoms with Gasteiger partial charge in [0.05, 0.1) is 18.4 Å². The van der Waals surface area contributed by atoms with Gasteiger partial charge in [0.2, 0.25) is 0 Å². The van der Waals surface area contributed by atoms with Crippen LogP contribution >= 0.6 is 23.2 Å². The number of aryl methyl sites for hydroxylation is 2. The molecule has 0 spiro atoms. The molecule has 20 heavy (non-hydrogen) atoms. The number of nitrogens with one attached hydrogen (secondary N) is 1. The predicted molar refractivity (Wildman–Crippen MR) is 78.0 cm³/mol. The van der Waals surface area contributed by atoms with Gasteiger partial charge in [0.25, 0.3) is 0 Å². The Balaban J connectivity index is 2.00. The van der Waals surface area contributed by atoms with E-state index >= 15 is 0 Å². The van der Waals surface area contributed by atoms with Crippen LogP contribution in [0.25, 0.3) is 0 Å². The molecule has 0 aromatic carbocycles. The molecule has 0 unspecified atom stereocenters. The molecule has 0 radical (unpaired) electrons. The topological polar surface area (TPSA) is 75.9 Å². The Hall–Kier alpha value is -1.37. The zero-order valence-electron chi connectivity index (χ0n) is 11.0. The molecule has 0 aliphatic carbocycles. The number of hydrogen-bond donors (Lipinski definition) is 2. The second-order valence-corrected chi connectivity index (χ2v) is 5.08. The first-order valence-electron chi connectivity index (χ1n) is 6.16. The third-order valence-electron chi connectivity index (χ3n) is 2.72. The first kappa shape index (κ1) is 15.0. The Morgan fingerprint density at radius 3 is 2.90 bits per heavy atom. The summed E-state index contributed by atoms with van der Waals surface area (Å²) < 4.78 is 1.70. The summed E-state index contributed by atoms with van der Waals surface area (Å²) in [6, 6.07) is 1.74. The Kier molecular flexibility index (Phi) is 5.17. The summed E-state index contributed by atoms with van der Waals surface area (Å²) in [5.74, 6) is 0. The average Bonchev–Trinajstić information content (AvgIpc) is 2.83. The van der Waals surface area contributed by atoms with Crippen LogP contribution in [0.4, 0.5) is 5.69 Å². The van der Waals surface area contributed by atoms with Crippen molar-refractivity contribution in [3.63, 3.8) is 0 Å². The molecule has 8 heteroatoms. The molecule has 0 bridgehead atoms. The molecule has 0 atom stereocenters. The number of anilines is 1. The molecule has 0 aliphatic rings. The van der Waals surface area contributed by atoms with Crippen LogP contribution in [-0.4, -0.2) is 31.7 Å². The molecule has 2 heterocycles. The van der Waals surface area contributed by atoms with E-state index in [1.807, 2.05) is 13.1 Å². The number of aromatic nitrogens is 4. The Bertz CT molecular complexity index is 564. The minimum absolute atomic E-state index is 0.138. The van der Waals surface area contributed by atoms with Crippen molar-refractivity contribution in [3.8, 4) is 0 Å². The highest BCUT2D eigenvalue weighted by atomic mass is 35.5. The quantitative estimate of drug-likeness (QED) is 0.800. The number of pyridine rings is 1. The molecule has 6 nitrogen and oxygen atoms in total. The monoisotopic (exact) mass is 315 g/mol. The zero-order valence-corrected chi connectivity index (χ0v) is 12.5. The standard InChI is InChI=1S/C12H15Cl2N5O/c1-8-5-10(13)16-12(14)11(8)15-6-9-7-19(18-17-9)3-2-4-20/h5,7,15,20H,2-4,6H2,1H3. The smallest absolute Gasteiger partial charge is 0.154 e. The molecule has 2 rings (SSSR count). The highest BCUT2D eigenvalue weighted by molar-refractivity contribution is 6.34. The molecule has 0 saturated carbocycles. The van der Waals surface area contributed by atoms with Gasteiger partial charge in [0.15, 0.2) is 5.15 Å². The maximum Gasteiger partial charge on any atom is 0.154 e. The SMILES string of the molecule is Cc1cc(Cl)nc(Cl)c1NCc1cn(CCCO)nn1. The third kappa shape index (κ3) is 3.82. The summed E-state index contributed by atoms with van der Waals surface area (Å²) >= 11 is 11.9. The van der Waals surface area contributed by atoms with E-state index in [-0.39, 0.29) is 6.61 Å². The number of rotatable bonds is 6. The summed E-state index contributed by atoms with van der Waals surface area (Å²) in [4.78, 5) is 3.99. The summed E-state index contributed by atoms with van der Waals surface area (Å²) in [7, 11) is 0. The van der Waals surface area contributed by atoms with Gasteiger partial charge in [-0.15, -0.1) is 5.10 Å². The van der Waals surface area contributed by atoms with E-state index in [9.17, 15) is 0 Å². The fourth-order valence-corrected chi connectivity index (χ4v) is 2.35. The molecule has 0 fully saturated rings. The lowest BCUT2D eigenvalue weighted by atomic mass is 10.2. The fraction of sp³-hybridized carbons (Fsp3) is 0.417. The van der Waals surface area contributed by atoms with Crippen LogP contribution in [0.3, 0.4) is 0 Å². The maximum atomic E-state index is 8.76. The molecular formula is C12H15Cl2N5O.